The zero-order chi connectivity index (χ0) is 13.8. The van der Waals surface area contributed by atoms with Crippen LogP contribution >= 0.6 is 11.3 Å². The van der Waals surface area contributed by atoms with Gasteiger partial charge in [-0.05, 0) is 20.3 Å². The molecule has 1 rings (SSSR count). The van der Waals surface area contributed by atoms with Gasteiger partial charge < -0.3 is 9.84 Å². The number of rotatable bonds is 6. The lowest BCUT2D eigenvalue weighted by atomic mass is 9.81. The van der Waals surface area contributed by atoms with Gasteiger partial charge in [-0.1, -0.05) is 6.92 Å². The Bertz CT molecular complexity index is 443. The Morgan fingerprint density at radius 2 is 2.17 bits per heavy atom. The second kappa shape index (κ2) is 5.95. The molecule has 0 spiro atoms. The molecule has 0 saturated heterocycles. The highest BCUT2D eigenvalue weighted by Gasteiger charge is 2.46. The van der Waals surface area contributed by atoms with Crippen LogP contribution in [0.25, 0.3) is 0 Å². The first-order chi connectivity index (χ1) is 8.46. The third-order valence-electron chi connectivity index (χ3n) is 2.83. The second-order valence-electron chi connectivity index (χ2n) is 4.00. The van der Waals surface area contributed by atoms with Gasteiger partial charge in [0, 0.05) is 11.8 Å². The van der Waals surface area contributed by atoms with Gasteiger partial charge in [-0.3, -0.25) is 9.59 Å². The van der Waals surface area contributed by atoms with Crippen LogP contribution in [0.1, 0.15) is 31.0 Å². The maximum atomic E-state index is 11.9. The normalized spacial score (nSPS) is 13.9. The van der Waals surface area contributed by atoms with Crippen LogP contribution in [-0.4, -0.2) is 28.6 Å². The van der Waals surface area contributed by atoms with Crippen molar-refractivity contribution in [1.82, 2.24) is 4.98 Å². The fourth-order valence-electron chi connectivity index (χ4n) is 1.72. The molecule has 1 N–H and O–H groups in total. The predicted octanol–water partition coefficient (Wildman–Crippen LogP) is 2.04. The van der Waals surface area contributed by atoms with E-state index in [2.05, 4.69) is 4.98 Å². The quantitative estimate of drug-likeness (QED) is 0.633. The molecule has 0 aliphatic rings. The Morgan fingerprint density at radius 3 is 2.56 bits per heavy atom. The number of esters is 1. The van der Waals surface area contributed by atoms with Crippen LogP contribution in [0.3, 0.4) is 0 Å². The predicted molar refractivity (Wildman–Crippen MR) is 67.5 cm³/mol. The summed E-state index contributed by atoms with van der Waals surface area (Å²) in [5, 5.41) is 12.0. The van der Waals surface area contributed by atoms with E-state index >= 15 is 0 Å². The summed E-state index contributed by atoms with van der Waals surface area (Å²) < 4.78 is 4.89. The number of nitrogens with zero attached hydrogens (tertiary/aromatic N) is 1. The molecule has 0 amide bonds. The number of ether oxygens (including phenoxy) is 1. The van der Waals surface area contributed by atoms with E-state index in [1.54, 1.807) is 19.2 Å². The topological polar surface area (TPSA) is 76.5 Å². The molecule has 0 saturated carbocycles. The van der Waals surface area contributed by atoms with Crippen LogP contribution in [-0.2, 0) is 20.7 Å². The van der Waals surface area contributed by atoms with Crippen molar-refractivity contribution in [2.24, 2.45) is 5.41 Å². The van der Waals surface area contributed by atoms with Crippen LogP contribution in [0.2, 0.25) is 0 Å². The number of hydrogen-bond donors (Lipinski definition) is 1. The molecule has 1 aromatic heterocycles. The Labute approximate surface area is 110 Å². The van der Waals surface area contributed by atoms with Crippen molar-refractivity contribution in [3.8, 4) is 0 Å². The third kappa shape index (κ3) is 2.87. The number of carbonyl (C=O) groups is 2. The first kappa shape index (κ1) is 14.6. The lowest BCUT2D eigenvalue weighted by Crippen LogP contribution is -2.42. The van der Waals surface area contributed by atoms with E-state index in [1.807, 2.05) is 6.92 Å². The minimum absolute atomic E-state index is 0.0714. The molecule has 1 unspecified atom stereocenters. The van der Waals surface area contributed by atoms with Crippen molar-refractivity contribution < 1.29 is 19.4 Å². The Morgan fingerprint density at radius 1 is 1.50 bits per heavy atom. The molecule has 0 bridgehead atoms. The van der Waals surface area contributed by atoms with Gasteiger partial charge in [-0.15, -0.1) is 11.3 Å². The van der Waals surface area contributed by atoms with E-state index in [0.717, 1.165) is 5.01 Å². The zero-order valence-corrected chi connectivity index (χ0v) is 11.5. The van der Waals surface area contributed by atoms with E-state index in [1.165, 1.54) is 11.3 Å². The molecule has 0 aliphatic heterocycles. The molecule has 1 atom stereocenters. The summed E-state index contributed by atoms with van der Waals surface area (Å²) in [5.41, 5.74) is -0.911. The first-order valence-corrected chi connectivity index (χ1v) is 6.65. The molecule has 1 aromatic rings. The van der Waals surface area contributed by atoms with E-state index in [4.69, 9.17) is 4.74 Å². The Balaban J connectivity index is 3.04. The highest BCUT2D eigenvalue weighted by molar-refractivity contribution is 7.09. The van der Waals surface area contributed by atoms with Gasteiger partial charge >= 0.3 is 11.9 Å². The van der Waals surface area contributed by atoms with Crippen LogP contribution < -0.4 is 0 Å². The number of carboxylic acid groups (broad SMARTS) is 1. The van der Waals surface area contributed by atoms with E-state index < -0.39 is 17.4 Å². The van der Waals surface area contributed by atoms with E-state index in [-0.39, 0.29) is 19.4 Å². The van der Waals surface area contributed by atoms with Crippen LogP contribution in [0.5, 0.6) is 0 Å². The van der Waals surface area contributed by atoms with Gasteiger partial charge in [-0.25, -0.2) is 4.98 Å². The average Bonchev–Trinajstić information content (AvgIpc) is 2.71. The molecule has 5 nitrogen and oxygen atoms in total. The number of hydrogen-bond acceptors (Lipinski definition) is 5. The van der Waals surface area contributed by atoms with Gasteiger partial charge in [0.1, 0.15) is 0 Å². The van der Waals surface area contributed by atoms with Gasteiger partial charge in [0.25, 0.3) is 0 Å². The van der Waals surface area contributed by atoms with Gasteiger partial charge in [0.05, 0.1) is 17.3 Å². The summed E-state index contributed by atoms with van der Waals surface area (Å²) in [4.78, 5) is 27.6. The number of carboxylic acids is 1. The molecule has 100 valence electrons. The summed E-state index contributed by atoms with van der Waals surface area (Å²) in [6.07, 6.45) is 0.250. The van der Waals surface area contributed by atoms with Crippen LogP contribution in [0.4, 0.5) is 0 Å². The lowest BCUT2D eigenvalue weighted by Gasteiger charge is -2.24. The van der Waals surface area contributed by atoms with Crippen molar-refractivity contribution in [2.45, 2.75) is 33.6 Å². The van der Waals surface area contributed by atoms with Crippen LogP contribution in [0.15, 0.2) is 5.38 Å². The smallest absolute Gasteiger partial charge is 0.323 e. The molecule has 0 radical (unpaired) electrons. The summed E-state index contributed by atoms with van der Waals surface area (Å²) >= 11 is 1.44. The third-order valence-corrected chi connectivity index (χ3v) is 3.65. The molecular weight excluding hydrogens is 254 g/mol. The number of aliphatic carboxylic acids is 1. The molecule has 6 heteroatoms. The lowest BCUT2D eigenvalue weighted by molar-refractivity contribution is -0.169. The van der Waals surface area contributed by atoms with Gasteiger partial charge in [-0.2, -0.15) is 0 Å². The van der Waals surface area contributed by atoms with Crippen molar-refractivity contribution in [1.29, 1.82) is 0 Å². The maximum Gasteiger partial charge on any atom is 0.323 e. The standard InChI is InChI=1S/C12H17NO4S/c1-4-12(10(14)15,11(16)17-5-2)6-9-7-18-8(3)13-9/h7H,4-6H2,1-3H3,(H,14,15). The molecule has 0 aromatic carbocycles. The minimum Gasteiger partial charge on any atom is -0.480 e. The Hall–Kier alpha value is -1.43. The molecular formula is C12H17NO4S. The number of aromatic nitrogens is 1. The fourth-order valence-corrected chi connectivity index (χ4v) is 2.34. The van der Waals surface area contributed by atoms with Crippen LogP contribution in [0, 0.1) is 12.3 Å². The number of carbonyl (C=O) groups excluding carboxylic acids is 1. The molecule has 0 aliphatic carbocycles. The fraction of sp³-hybridized carbons (Fsp3) is 0.583. The molecule has 18 heavy (non-hydrogen) atoms. The number of thiazole rings is 1. The maximum absolute atomic E-state index is 11.9. The molecule has 0 fully saturated rings. The summed E-state index contributed by atoms with van der Waals surface area (Å²) in [6, 6.07) is 0. The largest absolute Gasteiger partial charge is 0.480 e. The van der Waals surface area contributed by atoms with Crippen molar-refractivity contribution in [3.05, 3.63) is 16.1 Å². The monoisotopic (exact) mass is 271 g/mol. The minimum atomic E-state index is -1.53. The summed E-state index contributed by atoms with van der Waals surface area (Å²) in [5.74, 6) is -1.85. The Kier molecular flexibility index (Phi) is 4.84. The highest BCUT2D eigenvalue weighted by atomic mass is 32.1. The second-order valence-corrected chi connectivity index (χ2v) is 5.06. The molecule has 1 heterocycles. The zero-order valence-electron chi connectivity index (χ0n) is 10.7. The van der Waals surface area contributed by atoms with Gasteiger partial charge in [0.2, 0.25) is 0 Å². The van der Waals surface area contributed by atoms with Gasteiger partial charge in [0.15, 0.2) is 5.41 Å². The number of aryl methyl sites for hydroxylation is 1. The van der Waals surface area contributed by atoms with Crippen molar-refractivity contribution in [2.75, 3.05) is 6.61 Å². The SMILES string of the molecule is CCOC(=O)C(CC)(Cc1csc(C)n1)C(=O)O. The average molecular weight is 271 g/mol. The summed E-state index contributed by atoms with van der Waals surface area (Å²) in [7, 11) is 0. The summed E-state index contributed by atoms with van der Waals surface area (Å²) in [6.45, 7) is 5.34. The van der Waals surface area contributed by atoms with Crippen molar-refractivity contribution in [3.63, 3.8) is 0 Å². The van der Waals surface area contributed by atoms with E-state index in [0.29, 0.717) is 5.69 Å². The van der Waals surface area contributed by atoms with E-state index in [9.17, 15) is 14.7 Å². The van der Waals surface area contributed by atoms with Crippen molar-refractivity contribution >= 4 is 23.3 Å². The first-order valence-electron chi connectivity index (χ1n) is 5.78. The highest BCUT2D eigenvalue weighted by Crippen LogP contribution is 2.30.